The van der Waals surface area contributed by atoms with E-state index < -0.39 is 0 Å². The molecule has 0 bridgehead atoms. The van der Waals surface area contributed by atoms with Gasteiger partial charge in [0, 0.05) is 19.6 Å². The van der Waals surface area contributed by atoms with E-state index in [9.17, 15) is 0 Å². The molecule has 0 unspecified atom stereocenters. The summed E-state index contributed by atoms with van der Waals surface area (Å²) in [5.74, 6) is 0. The fourth-order valence-electron chi connectivity index (χ4n) is 1.46. The highest BCUT2D eigenvalue weighted by atomic mass is 15.7. The molecule has 0 aromatic rings. The molecule has 3 nitrogen and oxygen atoms in total. The van der Waals surface area contributed by atoms with Gasteiger partial charge in [-0.25, -0.2) is 10.9 Å². The van der Waals surface area contributed by atoms with Crippen molar-refractivity contribution in [3.05, 3.63) is 0 Å². The van der Waals surface area contributed by atoms with E-state index in [2.05, 4.69) is 36.7 Å². The zero-order chi connectivity index (χ0) is 11.4. The van der Waals surface area contributed by atoms with Crippen molar-refractivity contribution in [2.45, 2.75) is 59.3 Å². The Morgan fingerprint density at radius 3 is 1.53 bits per heavy atom. The highest BCUT2D eigenvalue weighted by molar-refractivity contribution is 4.47. The Balaban J connectivity index is 3.29. The van der Waals surface area contributed by atoms with E-state index >= 15 is 0 Å². The molecule has 2 N–H and O–H groups in total. The van der Waals surface area contributed by atoms with E-state index in [1.165, 1.54) is 38.5 Å². The normalized spacial score (nSPS) is 11.2. The lowest BCUT2D eigenvalue weighted by Crippen LogP contribution is -2.48. The Hall–Kier alpha value is -0.120. The van der Waals surface area contributed by atoms with Crippen LogP contribution in [0.2, 0.25) is 0 Å². The first-order valence-electron chi connectivity index (χ1n) is 6.59. The molecule has 0 atom stereocenters. The summed E-state index contributed by atoms with van der Waals surface area (Å²) in [7, 11) is 0. The largest absolute Gasteiger partial charge is 0.242 e. The van der Waals surface area contributed by atoms with Gasteiger partial charge in [0.1, 0.15) is 0 Å². The van der Waals surface area contributed by atoms with Crippen molar-refractivity contribution in [3.8, 4) is 0 Å². The summed E-state index contributed by atoms with van der Waals surface area (Å²) in [6.07, 6.45) is 7.75. The van der Waals surface area contributed by atoms with Crippen LogP contribution < -0.4 is 10.9 Å². The summed E-state index contributed by atoms with van der Waals surface area (Å²) in [6, 6.07) is 0. The van der Waals surface area contributed by atoms with Gasteiger partial charge >= 0.3 is 0 Å². The smallest absolute Gasteiger partial charge is 0.0259 e. The van der Waals surface area contributed by atoms with Crippen LogP contribution in [0.4, 0.5) is 0 Å². The number of hydrazine groups is 2. The minimum absolute atomic E-state index is 1.01. The van der Waals surface area contributed by atoms with Gasteiger partial charge in [-0.3, -0.25) is 0 Å². The van der Waals surface area contributed by atoms with E-state index in [0.717, 1.165) is 19.6 Å². The zero-order valence-corrected chi connectivity index (χ0v) is 10.8. The van der Waals surface area contributed by atoms with Gasteiger partial charge in [-0.05, 0) is 19.8 Å². The second-order valence-corrected chi connectivity index (χ2v) is 3.97. The van der Waals surface area contributed by atoms with Crippen molar-refractivity contribution in [2.75, 3.05) is 19.6 Å². The zero-order valence-electron chi connectivity index (χ0n) is 10.8. The molecule has 0 aliphatic heterocycles. The van der Waals surface area contributed by atoms with Gasteiger partial charge < -0.3 is 0 Å². The second kappa shape index (κ2) is 12.0. The Labute approximate surface area is 95.6 Å². The van der Waals surface area contributed by atoms with Crippen molar-refractivity contribution in [1.29, 1.82) is 0 Å². The fraction of sp³-hybridized carbons (Fsp3) is 1.00. The van der Waals surface area contributed by atoms with Crippen molar-refractivity contribution < 1.29 is 0 Å². The van der Waals surface area contributed by atoms with E-state index in [0.29, 0.717) is 0 Å². The Kier molecular flexibility index (Phi) is 11.9. The molecule has 0 aromatic heterocycles. The Morgan fingerprint density at radius 2 is 1.20 bits per heavy atom. The van der Waals surface area contributed by atoms with Gasteiger partial charge in [0.25, 0.3) is 0 Å². The molecule has 0 aliphatic carbocycles. The number of unbranched alkanes of at least 4 members (excludes halogenated alkanes) is 4. The van der Waals surface area contributed by atoms with Crippen LogP contribution in [-0.4, -0.2) is 24.8 Å². The molecule has 0 amide bonds. The van der Waals surface area contributed by atoms with Crippen LogP contribution in [0.15, 0.2) is 0 Å². The second-order valence-electron chi connectivity index (χ2n) is 3.97. The predicted molar refractivity (Wildman–Crippen MR) is 67.4 cm³/mol. The molecular weight excluding hydrogens is 186 g/mol. The standard InChI is InChI=1S/C12H29N3/c1-4-7-9-11-13-15(6-3)14-12-10-8-5-2/h13-14H,4-12H2,1-3H3. The number of nitrogens with one attached hydrogen (secondary N) is 2. The molecule has 0 fully saturated rings. The van der Waals surface area contributed by atoms with Crippen LogP contribution in [0, 0.1) is 0 Å². The van der Waals surface area contributed by atoms with Crippen LogP contribution in [0.25, 0.3) is 0 Å². The summed E-state index contributed by atoms with van der Waals surface area (Å²) < 4.78 is 0. The van der Waals surface area contributed by atoms with E-state index in [-0.39, 0.29) is 0 Å². The lowest BCUT2D eigenvalue weighted by atomic mass is 10.2. The van der Waals surface area contributed by atoms with Gasteiger partial charge in [0.2, 0.25) is 0 Å². The average molecular weight is 215 g/mol. The summed E-state index contributed by atoms with van der Waals surface area (Å²) in [4.78, 5) is 0. The maximum absolute atomic E-state index is 3.40. The number of nitrogens with zero attached hydrogens (tertiary/aromatic N) is 1. The van der Waals surface area contributed by atoms with E-state index in [1.807, 2.05) is 0 Å². The summed E-state index contributed by atoms with van der Waals surface area (Å²) in [5, 5.41) is 2.12. The van der Waals surface area contributed by atoms with Crippen molar-refractivity contribution in [1.82, 2.24) is 16.0 Å². The fourth-order valence-corrected chi connectivity index (χ4v) is 1.46. The lowest BCUT2D eigenvalue weighted by molar-refractivity contribution is 0.120. The Bertz CT molecular complexity index is 105. The van der Waals surface area contributed by atoms with Crippen LogP contribution in [0.1, 0.15) is 59.3 Å². The van der Waals surface area contributed by atoms with Gasteiger partial charge in [-0.2, -0.15) is 5.12 Å². The van der Waals surface area contributed by atoms with Gasteiger partial charge in [-0.1, -0.05) is 39.5 Å². The average Bonchev–Trinajstić information content (AvgIpc) is 2.27. The summed E-state index contributed by atoms with van der Waals surface area (Å²) in [5.41, 5.74) is 6.81. The third-order valence-corrected chi connectivity index (χ3v) is 2.48. The van der Waals surface area contributed by atoms with Crippen LogP contribution >= 0.6 is 0 Å². The molecule has 0 aliphatic rings. The molecule has 0 saturated carbocycles. The third kappa shape index (κ3) is 10.2. The van der Waals surface area contributed by atoms with Gasteiger partial charge in [0.15, 0.2) is 0 Å². The first-order valence-corrected chi connectivity index (χ1v) is 6.59. The van der Waals surface area contributed by atoms with Crippen LogP contribution in [-0.2, 0) is 0 Å². The van der Waals surface area contributed by atoms with Gasteiger partial charge in [-0.15, -0.1) is 0 Å². The van der Waals surface area contributed by atoms with E-state index in [1.54, 1.807) is 0 Å². The van der Waals surface area contributed by atoms with Crippen LogP contribution in [0.3, 0.4) is 0 Å². The number of rotatable bonds is 11. The molecular formula is C12H29N3. The minimum atomic E-state index is 1.01. The first kappa shape index (κ1) is 14.9. The molecule has 0 spiro atoms. The monoisotopic (exact) mass is 215 g/mol. The molecule has 15 heavy (non-hydrogen) atoms. The molecule has 0 radical (unpaired) electrons. The van der Waals surface area contributed by atoms with E-state index in [4.69, 9.17) is 0 Å². The van der Waals surface area contributed by atoms with Gasteiger partial charge in [0.05, 0.1) is 0 Å². The summed E-state index contributed by atoms with van der Waals surface area (Å²) in [6.45, 7) is 9.82. The highest BCUT2D eigenvalue weighted by Gasteiger charge is 1.98. The quantitative estimate of drug-likeness (QED) is 0.410. The molecule has 0 saturated heterocycles. The van der Waals surface area contributed by atoms with Crippen molar-refractivity contribution >= 4 is 0 Å². The molecule has 3 heteroatoms. The predicted octanol–water partition coefficient (Wildman–Crippen LogP) is 2.70. The first-order chi connectivity index (χ1) is 7.35. The molecule has 0 heterocycles. The topological polar surface area (TPSA) is 27.3 Å². The SMILES string of the molecule is CCCCCNN(CC)NCCCCC. The molecule has 0 aromatic carbocycles. The molecule has 92 valence electrons. The number of hydrogen-bond donors (Lipinski definition) is 2. The third-order valence-electron chi connectivity index (χ3n) is 2.48. The van der Waals surface area contributed by atoms with Crippen molar-refractivity contribution in [3.63, 3.8) is 0 Å². The highest BCUT2D eigenvalue weighted by Crippen LogP contribution is 1.93. The van der Waals surface area contributed by atoms with Crippen LogP contribution in [0.5, 0.6) is 0 Å². The summed E-state index contributed by atoms with van der Waals surface area (Å²) >= 11 is 0. The van der Waals surface area contributed by atoms with Crippen molar-refractivity contribution in [2.24, 2.45) is 0 Å². The minimum Gasteiger partial charge on any atom is -0.242 e. The lowest BCUT2D eigenvalue weighted by Gasteiger charge is -2.22. The Morgan fingerprint density at radius 1 is 0.733 bits per heavy atom. The number of hydrogen-bond acceptors (Lipinski definition) is 3. The maximum Gasteiger partial charge on any atom is 0.0259 e. The molecule has 0 rings (SSSR count). The maximum atomic E-state index is 3.40.